The van der Waals surface area contributed by atoms with Crippen LogP contribution in [0.2, 0.25) is 0 Å². The molecule has 0 spiro atoms. The van der Waals surface area contributed by atoms with Crippen LogP contribution in [0.4, 0.5) is 15.9 Å². The van der Waals surface area contributed by atoms with Crippen LogP contribution in [-0.4, -0.2) is 17.1 Å². The third kappa shape index (κ3) is 2.50. The minimum atomic E-state index is -0.358. The first-order chi connectivity index (χ1) is 10.2. The second kappa shape index (κ2) is 5.36. The zero-order valence-corrected chi connectivity index (χ0v) is 11.7. The van der Waals surface area contributed by atoms with Gasteiger partial charge in [-0.2, -0.15) is 0 Å². The summed E-state index contributed by atoms with van der Waals surface area (Å²) in [7, 11) is 1.64. The van der Waals surface area contributed by atoms with Gasteiger partial charge in [0, 0.05) is 11.1 Å². The highest BCUT2D eigenvalue weighted by Crippen LogP contribution is 2.27. The molecule has 0 aliphatic heterocycles. The minimum absolute atomic E-state index is 0.306. The average Bonchev–Trinajstić information content (AvgIpc) is 2.49. The predicted molar refractivity (Wildman–Crippen MR) is 80.5 cm³/mol. The van der Waals surface area contributed by atoms with Crippen molar-refractivity contribution in [2.45, 2.75) is 6.92 Å². The smallest absolute Gasteiger partial charge is 0.149 e. The van der Waals surface area contributed by atoms with Crippen LogP contribution in [0.15, 0.2) is 42.7 Å². The lowest BCUT2D eigenvalue weighted by molar-refractivity contribution is 0.412. The molecule has 0 fully saturated rings. The van der Waals surface area contributed by atoms with Gasteiger partial charge in [-0.15, -0.1) is 0 Å². The third-order valence-electron chi connectivity index (χ3n) is 3.27. The van der Waals surface area contributed by atoms with Crippen LogP contribution in [0.3, 0.4) is 0 Å². The van der Waals surface area contributed by atoms with Crippen molar-refractivity contribution in [2.75, 3.05) is 12.4 Å². The quantitative estimate of drug-likeness (QED) is 0.793. The van der Waals surface area contributed by atoms with Gasteiger partial charge in [0.15, 0.2) is 0 Å². The van der Waals surface area contributed by atoms with E-state index in [1.807, 2.05) is 25.1 Å². The summed E-state index contributed by atoms with van der Waals surface area (Å²) in [4.78, 5) is 8.18. The molecule has 2 aromatic carbocycles. The Bertz CT molecular complexity index is 805. The molecule has 1 N–H and O–H groups in total. The lowest BCUT2D eigenvalue weighted by Gasteiger charge is -2.11. The molecule has 0 aliphatic rings. The lowest BCUT2D eigenvalue weighted by atomic mass is 10.2. The minimum Gasteiger partial charge on any atom is -0.496 e. The van der Waals surface area contributed by atoms with Crippen LogP contribution in [0.5, 0.6) is 5.75 Å². The molecule has 1 aromatic heterocycles. The predicted octanol–water partition coefficient (Wildman–Crippen LogP) is 3.83. The molecule has 3 rings (SSSR count). The normalized spacial score (nSPS) is 10.6. The number of fused-ring (bicyclic) bond motifs is 1. The van der Waals surface area contributed by atoms with Crippen molar-refractivity contribution in [1.82, 2.24) is 9.97 Å². The molecule has 4 nitrogen and oxygen atoms in total. The Hall–Kier alpha value is -2.69. The van der Waals surface area contributed by atoms with Gasteiger partial charge in [-0.3, -0.25) is 0 Å². The zero-order valence-electron chi connectivity index (χ0n) is 11.7. The van der Waals surface area contributed by atoms with Gasteiger partial charge >= 0.3 is 0 Å². The Labute approximate surface area is 121 Å². The maximum atomic E-state index is 13.7. The van der Waals surface area contributed by atoms with E-state index in [1.54, 1.807) is 19.2 Å². The van der Waals surface area contributed by atoms with E-state index < -0.39 is 0 Å². The standard InChI is InChI=1S/C16H14FN3O/c1-10-8-11(6-7-14(10)21-2)20-16-12-4-3-5-13(17)15(12)18-9-19-16/h3-9H,1-2H3,(H,18,19,20). The number of anilines is 2. The second-order valence-electron chi connectivity index (χ2n) is 4.67. The molecule has 0 saturated heterocycles. The van der Waals surface area contributed by atoms with Crippen molar-refractivity contribution in [3.8, 4) is 5.75 Å². The largest absolute Gasteiger partial charge is 0.496 e. The van der Waals surface area contributed by atoms with Gasteiger partial charge < -0.3 is 10.1 Å². The van der Waals surface area contributed by atoms with E-state index in [4.69, 9.17) is 4.74 Å². The van der Waals surface area contributed by atoms with Crippen molar-refractivity contribution in [3.05, 3.63) is 54.1 Å². The number of benzene rings is 2. The molecule has 0 saturated carbocycles. The number of hydrogen-bond acceptors (Lipinski definition) is 4. The summed E-state index contributed by atoms with van der Waals surface area (Å²) < 4.78 is 19.0. The van der Waals surface area contributed by atoms with E-state index in [9.17, 15) is 4.39 Å². The first-order valence-corrected chi connectivity index (χ1v) is 6.50. The average molecular weight is 283 g/mol. The van der Waals surface area contributed by atoms with E-state index in [-0.39, 0.29) is 5.82 Å². The molecule has 5 heteroatoms. The fourth-order valence-electron chi connectivity index (χ4n) is 2.24. The second-order valence-corrected chi connectivity index (χ2v) is 4.67. The Morgan fingerprint density at radius 1 is 1.14 bits per heavy atom. The first-order valence-electron chi connectivity index (χ1n) is 6.50. The van der Waals surface area contributed by atoms with Crippen molar-refractivity contribution < 1.29 is 9.13 Å². The van der Waals surface area contributed by atoms with E-state index >= 15 is 0 Å². The van der Waals surface area contributed by atoms with Crippen LogP contribution in [0.25, 0.3) is 10.9 Å². The van der Waals surface area contributed by atoms with E-state index in [0.717, 1.165) is 17.0 Å². The highest BCUT2D eigenvalue weighted by atomic mass is 19.1. The highest BCUT2D eigenvalue weighted by molar-refractivity contribution is 5.90. The Morgan fingerprint density at radius 2 is 2.00 bits per heavy atom. The molecule has 0 unspecified atom stereocenters. The maximum Gasteiger partial charge on any atom is 0.149 e. The number of methoxy groups -OCH3 is 1. The van der Waals surface area contributed by atoms with Crippen LogP contribution in [0.1, 0.15) is 5.56 Å². The van der Waals surface area contributed by atoms with E-state index in [0.29, 0.717) is 16.7 Å². The van der Waals surface area contributed by atoms with Gasteiger partial charge in [-0.25, -0.2) is 14.4 Å². The fraction of sp³-hybridized carbons (Fsp3) is 0.125. The molecular formula is C16H14FN3O. The maximum absolute atomic E-state index is 13.7. The molecule has 1 heterocycles. The van der Waals surface area contributed by atoms with Crippen LogP contribution in [-0.2, 0) is 0 Å². The van der Waals surface area contributed by atoms with E-state index in [2.05, 4.69) is 15.3 Å². The molecule has 3 aromatic rings. The number of nitrogens with one attached hydrogen (secondary N) is 1. The molecule has 21 heavy (non-hydrogen) atoms. The molecule has 0 aliphatic carbocycles. The van der Waals surface area contributed by atoms with Gasteiger partial charge in [0.2, 0.25) is 0 Å². The summed E-state index contributed by atoms with van der Waals surface area (Å²) in [6.45, 7) is 1.96. The van der Waals surface area contributed by atoms with Crippen LogP contribution < -0.4 is 10.1 Å². The number of halogens is 1. The SMILES string of the molecule is COc1ccc(Nc2ncnc3c(F)cccc23)cc1C. The van der Waals surface area contributed by atoms with Crippen LogP contribution in [0, 0.1) is 12.7 Å². The summed E-state index contributed by atoms with van der Waals surface area (Å²) in [5.74, 6) is 1.03. The summed E-state index contributed by atoms with van der Waals surface area (Å²) in [6.07, 6.45) is 1.35. The van der Waals surface area contributed by atoms with Gasteiger partial charge in [0.1, 0.15) is 29.2 Å². The number of nitrogens with zero attached hydrogens (tertiary/aromatic N) is 2. The van der Waals surface area contributed by atoms with Crippen molar-refractivity contribution in [2.24, 2.45) is 0 Å². The fourth-order valence-corrected chi connectivity index (χ4v) is 2.24. The first kappa shape index (κ1) is 13.3. The summed E-state index contributed by atoms with van der Waals surface area (Å²) >= 11 is 0. The molecular weight excluding hydrogens is 269 g/mol. The zero-order chi connectivity index (χ0) is 14.8. The highest BCUT2D eigenvalue weighted by Gasteiger charge is 2.08. The summed E-state index contributed by atoms with van der Waals surface area (Å²) in [6, 6.07) is 10.5. The van der Waals surface area contributed by atoms with E-state index in [1.165, 1.54) is 12.4 Å². The topological polar surface area (TPSA) is 47.0 Å². The molecule has 0 amide bonds. The number of ether oxygens (including phenoxy) is 1. The Kier molecular flexibility index (Phi) is 3.39. The Morgan fingerprint density at radius 3 is 2.76 bits per heavy atom. The van der Waals surface area contributed by atoms with Crippen molar-refractivity contribution in [3.63, 3.8) is 0 Å². The van der Waals surface area contributed by atoms with Crippen LogP contribution >= 0.6 is 0 Å². The van der Waals surface area contributed by atoms with Gasteiger partial charge in [0.05, 0.1) is 7.11 Å². The molecule has 0 bridgehead atoms. The number of hydrogen-bond donors (Lipinski definition) is 1. The molecule has 0 atom stereocenters. The monoisotopic (exact) mass is 283 g/mol. The van der Waals surface area contributed by atoms with Gasteiger partial charge in [-0.05, 0) is 42.8 Å². The molecule has 0 radical (unpaired) electrons. The van der Waals surface area contributed by atoms with Crippen molar-refractivity contribution >= 4 is 22.4 Å². The number of rotatable bonds is 3. The summed E-state index contributed by atoms with van der Waals surface area (Å²) in [5, 5.41) is 3.84. The molecule has 106 valence electrons. The summed E-state index contributed by atoms with van der Waals surface area (Å²) in [5.41, 5.74) is 2.17. The van der Waals surface area contributed by atoms with Crippen molar-refractivity contribution in [1.29, 1.82) is 0 Å². The van der Waals surface area contributed by atoms with Gasteiger partial charge in [0.25, 0.3) is 0 Å². The van der Waals surface area contributed by atoms with Gasteiger partial charge in [-0.1, -0.05) is 6.07 Å². The number of para-hydroxylation sites is 1. The Balaban J connectivity index is 2.02. The lowest BCUT2D eigenvalue weighted by Crippen LogP contribution is -1.98. The third-order valence-corrected chi connectivity index (χ3v) is 3.27. The number of aryl methyl sites for hydroxylation is 1. The number of aromatic nitrogens is 2.